The fourth-order valence-electron chi connectivity index (χ4n) is 3.84. The van der Waals surface area contributed by atoms with Crippen LogP contribution in [0.15, 0.2) is 41.0 Å². The molecule has 1 saturated heterocycles. The van der Waals surface area contributed by atoms with E-state index in [1.54, 1.807) is 19.9 Å². The standard InChI is InChI=1S/C21H24FN3O3/c1-3-27-21(26)18-13(2)28-20(24)17(11-23)19(18)16-7-6-15(22)10-14(16)12-25-8-4-5-9-25/h6-7,10,19H,3-5,8-9,12,24H2,1-2H3. The molecule has 148 valence electrons. The molecule has 0 aromatic heterocycles. The number of likely N-dealkylation sites (tertiary alicyclic amines) is 1. The molecular weight excluding hydrogens is 361 g/mol. The van der Waals surface area contributed by atoms with E-state index in [4.69, 9.17) is 15.2 Å². The SMILES string of the molecule is CCOC(=O)C1=C(C)OC(N)=C(C#N)C1c1ccc(F)cc1CN1CCCC1. The number of carbonyl (C=O) groups excluding carboxylic acids is 1. The highest BCUT2D eigenvalue weighted by Crippen LogP contribution is 2.41. The summed E-state index contributed by atoms with van der Waals surface area (Å²) in [5.74, 6) is -1.44. The average molecular weight is 385 g/mol. The normalized spacial score (nSPS) is 20.1. The van der Waals surface area contributed by atoms with Crippen molar-refractivity contribution >= 4 is 5.97 Å². The van der Waals surface area contributed by atoms with Crippen molar-refractivity contribution in [1.29, 1.82) is 5.26 Å². The summed E-state index contributed by atoms with van der Waals surface area (Å²) in [4.78, 5) is 14.9. The number of nitrogens with zero attached hydrogens (tertiary/aromatic N) is 2. The zero-order valence-electron chi connectivity index (χ0n) is 16.1. The van der Waals surface area contributed by atoms with Crippen LogP contribution in [0.5, 0.6) is 0 Å². The van der Waals surface area contributed by atoms with Crippen LogP contribution in [0, 0.1) is 17.1 Å². The summed E-state index contributed by atoms with van der Waals surface area (Å²) < 4.78 is 24.7. The summed E-state index contributed by atoms with van der Waals surface area (Å²) in [6.45, 7) is 5.92. The largest absolute Gasteiger partial charge is 0.463 e. The number of ether oxygens (including phenoxy) is 2. The molecule has 2 N–H and O–H groups in total. The predicted octanol–water partition coefficient (Wildman–Crippen LogP) is 3.07. The van der Waals surface area contributed by atoms with Crippen molar-refractivity contribution in [3.05, 3.63) is 57.9 Å². The van der Waals surface area contributed by atoms with Crippen LogP contribution in [-0.2, 0) is 20.8 Å². The van der Waals surface area contributed by atoms with Gasteiger partial charge in [-0.3, -0.25) is 4.90 Å². The number of carbonyl (C=O) groups is 1. The molecule has 1 atom stereocenters. The van der Waals surface area contributed by atoms with Crippen molar-refractivity contribution in [3.63, 3.8) is 0 Å². The molecule has 0 bridgehead atoms. The average Bonchev–Trinajstić information content (AvgIpc) is 3.14. The molecule has 3 rings (SSSR count). The predicted molar refractivity (Wildman–Crippen MR) is 101 cm³/mol. The number of rotatable bonds is 5. The fourth-order valence-corrected chi connectivity index (χ4v) is 3.84. The Morgan fingerprint density at radius 2 is 2.14 bits per heavy atom. The smallest absolute Gasteiger partial charge is 0.338 e. The summed E-state index contributed by atoms with van der Waals surface area (Å²) in [6.07, 6.45) is 2.20. The summed E-state index contributed by atoms with van der Waals surface area (Å²) in [5.41, 5.74) is 7.69. The number of nitrogens with two attached hydrogens (primary N) is 1. The number of halogens is 1. The van der Waals surface area contributed by atoms with Gasteiger partial charge in [-0.15, -0.1) is 0 Å². The monoisotopic (exact) mass is 385 g/mol. The van der Waals surface area contributed by atoms with Crippen molar-refractivity contribution in [2.45, 2.75) is 39.2 Å². The summed E-state index contributed by atoms with van der Waals surface area (Å²) in [7, 11) is 0. The van der Waals surface area contributed by atoms with E-state index in [2.05, 4.69) is 11.0 Å². The van der Waals surface area contributed by atoms with Crippen LogP contribution in [0.2, 0.25) is 0 Å². The molecule has 1 aromatic rings. The molecule has 1 unspecified atom stereocenters. The Labute approximate surface area is 164 Å². The molecule has 1 fully saturated rings. The maximum absolute atomic E-state index is 14.0. The van der Waals surface area contributed by atoms with E-state index >= 15 is 0 Å². The summed E-state index contributed by atoms with van der Waals surface area (Å²) >= 11 is 0. The van der Waals surface area contributed by atoms with E-state index < -0.39 is 11.9 Å². The number of benzene rings is 1. The van der Waals surface area contributed by atoms with Gasteiger partial charge in [0.1, 0.15) is 23.2 Å². The van der Waals surface area contributed by atoms with Crippen LogP contribution in [0.4, 0.5) is 4.39 Å². The van der Waals surface area contributed by atoms with Gasteiger partial charge in [0.05, 0.1) is 18.1 Å². The van der Waals surface area contributed by atoms with Gasteiger partial charge < -0.3 is 15.2 Å². The first kappa shape index (κ1) is 19.9. The number of hydrogen-bond donors (Lipinski definition) is 1. The van der Waals surface area contributed by atoms with Crippen molar-refractivity contribution in [3.8, 4) is 6.07 Å². The zero-order chi connectivity index (χ0) is 20.3. The van der Waals surface area contributed by atoms with Crippen molar-refractivity contribution in [1.82, 2.24) is 4.90 Å². The van der Waals surface area contributed by atoms with Gasteiger partial charge in [-0.05, 0) is 63.0 Å². The summed E-state index contributed by atoms with van der Waals surface area (Å²) in [6, 6.07) is 6.48. The van der Waals surface area contributed by atoms with Crippen LogP contribution >= 0.6 is 0 Å². The Kier molecular flexibility index (Phi) is 6.00. The number of esters is 1. The quantitative estimate of drug-likeness (QED) is 0.784. The number of nitriles is 1. The summed E-state index contributed by atoms with van der Waals surface area (Å²) in [5, 5.41) is 9.71. The third-order valence-corrected chi connectivity index (χ3v) is 5.11. The second-order valence-corrected chi connectivity index (χ2v) is 6.94. The molecule has 0 amide bonds. The lowest BCUT2D eigenvalue weighted by Crippen LogP contribution is -2.27. The molecule has 2 aliphatic heterocycles. The molecule has 7 heteroatoms. The maximum Gasteiger partial charge on any atom is 0.338 e. The molecule has 0 aliphatic carbocycles. The van der Waals surface area contributed by atoms with Gasteiger partial charge in [0.15, 0.2) is 0 Å². The highest BCUT2D eigenvalue weighted by molar-refractivity contribution is 5.92. The fraction of sp³-hybridized carbons (Fsp3) is 0.429. The van der Waals surface area contributed by atoms with Gasteiger partial charge in [-0.2, -0.15) is 5.26 Å². The molecular formula is C21H24FN3O3. The van der Waals surface area contributed by atoms with Crippen LogP contribution in [0.3, 0.4) is 0 Å². The van der Waals surface area contributed by atoms with E-state index in [0.29, 0.717) is 12.1 Å². The first-order valence-corrected chi connectivity index (χ1v) is 9.42. The second-order valence-electron chi connectivity index (χ2n) is 6.94. The Balaban J connectivity index is 2.12. The lowest BCUT2D eigenvalue weighted by Gasteiger charge is -2.29. The Morgan fingerprint density at radius 3 is 2.79 bits per heavy atom. The minimum absolute atomic E-state index is 0.0468. The first-order chi connectivity index (χ1) is 13.5. The molecule has 28 heavy (non-hydrogen) atoms. The van der Waals surface area contributed by atoms with E-state index in [0.717, 1.165) is 31.5 Å². The molecule has 0 radical (unpaired) electrons. The maximum atomic E-state index is 14.0. The van der Waals surface area contributed by atoms with E-state index in [9.17, 15) is 14.4 Å². The van der Waals surface area contributed by atoms with Gasteiger partial charge in [-0.25, -0.2) is 9.18 Å². The van der Waals surface area contributed by atoms with E-state index in [1.165, 1.54) is 12.1 Å². The minimum atomic E-state index is -0.754. The second kappa shape index (κ2) is 8.44. The van der Waals surface area contributed by atoms with Crippen LogP contribution < -0.4 is 5.73 Å². The topological polar surface area (TPSA) is 88.6 Å². The van der Waals surface area contributed by atoms with Crippen LogP contribution in [0.25, 0.3) is 0 Å². The third kappa shape index (κ3) is 3.87. The molecule has 0 spiro atoms. The van der Waals surface area contributed by atoms with Crippen molar-refractivity contribution in [2.24, 2.45) is 5.73 Å². The van der Waals surface area contributed by atoms with Crippen LogP contribution in [-0.4, -0.2) is 30.6 Å². The lowest BCUT2D eigenvalue weighted by molar-refractivity contribution is -0.139. The first-order valence-electron chi connectivity index (χ1n) is 9.42. The zero-order valence-corrected chi connectivity index (χ0v) is 16.1. The highest BCUT2D eigenvalue weighted by atomic mass is 19.1. The lowest BCUT2D eigenvalue weighted by atomic mass is 9.81. The van der Waals surface area contributed by atoms with Crippen molar-refractivity contribution in [2.75, 3.05) is 19.7 Å². The van der Waals surface area contributed by atoms with E-state index in [1.807, 2.05) is 0 Å². The van der Waals surface area contributed by atoms with Gasteiger partial charge in [0.2, 0.25) is 5.88 Å². The van der Waals surface area contributed by atoms with Crippen LogP contribution in [0.1, 0.15) is 43.7 Å². The Bertz CT molecular complexity index is 879. The van der Waals surface area contributed by atoms with Crippen molar-refractivity contribution < 1.29 is 18.7 Å². The Hall–Kier alpha value is -2.85. The number of hydrogen-bond acceptors (Lipinski definition) is 6. The third-order valence-electron chi connectivity index (χ3n) is 5.11. The van der Waals surface area contributed by atoms with Gasteiger partial charge in [-0.1, -0.05) is 6.07 Å². The highest BCUT2D eigenvalue weighted by Gasteiger charge is 2.37. The van der Waals surface area contributed by atoms with E-state index in [-0.39, 0.29) is 35.2 Å². The molecule has 2 heterocycles. The van der Waals surface area contributed by atoms with Gasteiger partial charge >= 0.3 is 5.97 Å². The Morgan fingerprint density at radius 1 is 1.43 bits per heavy atom. The molecule has 2 aliphatic rings. The van der Waals surface area contributed by atoms with Gasteiger partial charge in [0, 0.05) is 6.54 Å². The van der Waals surface area contributed by atoms with Gasteiger partial charge in [0.25, 0.3) is 0 Å². The minimum Gasteiger partial charge on any atom is -0.463 e. The molecule has 0 saturated carbocycles. The number of allylic oxidation sites excluding steroid dienone is 2. The molecule has 1 aromatic carbocycles. The molecule has 6 nitrogen and oxygen atoms in total.